The summed E-state index contributed by atoms with van der Waals surface area (Å²) >= 11 is 1.53. The molecule has 0 radical (unpaired) electrons. The van der Waals surface area contributed by atoms with Crippen LogP contribution in [-0.2, 0) is 4.79 Å². The minimum absolute atomic E-state index is 0.137. The van der Waals surface area contributed by atoms with Gasteiger partial charge < -0.3 is 0 Å². The summed E-state index contributed by atoms with van der Waals surface area (Å²) in [5.41, 5.74) is 0.616. The van der Waals surface area contributed by atoms with Crippen molar-refractivity contribution in [3.63, 3.8) is 0 Å². The first-order valence-electron chi connectivity index (χ1n) is 6.49. The van der Waals surface area contributed by atoms with Gasteiger partial charge >= 0.3 is 0 Å². The zero-order valence-electron chi connectivity index (χ0n) is 11.4. The highest BCUT2D eigenvalue weighted by Crippen LogP contribution is 2.21. The molecule has 1 aromatic carbocycles. The molecule has 0 unspecified atom stereocenters. The molecule has 0 spiro atoms. The lowest BCUT2D eigenvalue weighted by Crippen LogP contribution is -2.14. The molecule has 0 saturated heterocycles. The first kappa shape index (κ1) is 14.3. The summed E-state index contributed by atoms with van der Waals surface area (Å²) < 4.78 is 0. The molecule has 1 amide bonds. The molecule has 0 atom stereocenters. The van der Waals surface area contributed by atoms with E-state index in [1.807, 2.05) is 12.1 Å². The average molecular weight is 316 g/mol. The number of anilines is 1. The minimum Gasteiger partial charge on any atom is -0.297 e. The van der Waals surface area contributed by atoms with Crippen LogP contribution in [0.5, 0.6) is 0 Å². The predicted molar refractivity (Wildman–Crippen MR) is 82.7 cm³/mol. The summed E-state index contributed by atoms with van der Waals surface area (Å²) in [7, 11) is 0. The fourth-order valence-electron chi connectivity index (χ4n) is 1.86. The minimum atomic E-state index is -0.170. The van der Waals surface area contributed by atoms with Gasteiger partial charge in [-0.25, -0.2) is 4.98 Å². The van der Waals surface area contributed by atoms with Crippen LogP contribution >= 0.6 is 11.8 Å². The number of aromatic amines is 2. The lowest BCUT2D eigenvalue weighted by Gasteiger charge is -2.03. The van der Waals surface area contributed by atoms with E-state index in [4.69, 9.17) is 0 Å². The maximum atomic E-state index is 11.7. The molecule has 112 valence electrons. The van der Waals surface area contributed by atoms with Crippen LogP contribution in [0.3, 0.4) is 0 Å². The highest BCUT2D eigenvalue weighted by atomic mass is 32.2. The molecular formula is C13H12N6O2S. The number of fused-ring (bicyclic) bond motifs is 1. The lowest BCUT2D eigenvalue weighted by molar-refractivity contribution is -0.115. The highest BCUT2D eigenvalue weighted by Gasteiger charge is 2.06. The van der Waals surface area contributed by atoms with Crippen molar-refractivity contribution in [3.8, 4) is 0 Å². The standard InChI is InChI=1S/C13H12N6O2S/c20-11(16-13-14-4-5-15-19-13)3-6-22-8-1-2-9-10(7-8)17-18-12(9)21/h1-2,4-5,7H,3,6H2,(H2,17,18,21)(H,14,16,19,20). The van der Waals surface area contributed by atoms with Crippen molar-refractivity contribution < 1.29 is 4.79 Å². The Balaban J connectivity index is 1.53. The van der Waals surface area contributed by atoms with Gasteiger partial charge in [-0.1, -0.05) is 0 Å². The van der Waals surface area contributed by atoms with E-state index in [1.165, 1.54) is 24.2 Å². The number of hydrogen-bond acceptors (Lipinski definition) is 6. The van der Waals surface area contributed by atoms with Gasteiger partial charge in [-0.15, -0.1) is 16.9 Å². The zero-order chi connectivity index (χ0) is 15.4. The van der Waals surface area contributed by atoms with Gasteiger partial charge in [0, 0.05) is 17.1 Å². The zero-order valence-corrected chi connectivity index (χ0v) is 12.2. The van der Waals surface area contributed by atoms with Crippen LogP contribution in [0.15, 0.2) is 40.3 Å². The summed E-state index contributed by atoms with van der Waals surface area (Å²) in [6, 6.07) is 5.49. The second-order valence-electron chi connectivity index (χ2n) is 4.40. The van der Waals surface area contributed by atoms with Crippen LogP contribution in [0, 0.1) is 0 Å². The van der Waals surface area contributed by atoms with E-state index >= 15 is 0 Å². The number of amides is 1. The molecule has 0 aliphatic heterocycles. The largest absolute Gasteiger partial charge is 0.297 e. The fraction of sp³-hybridized carbons (Fsp3) is 0.154. The first-order chi connectivity index (χ1) is 10.7. The quantitative estimate of drug-likeness (QED) is 0.608. The second-order valence-corrected chi connectivity index (χ2v) is 5.57. The van der Waals surface area contributed by atoms with E-state index in [0.717, 1.165) is 10.4 Å². The number of carbonyl (C=O) groups excluding carboxylic acids is 1. The molecule has 2 aromatic heterocycles. The molecule has 3 aromatic rings. The number of nitrogens with one attached hydrogen (secondary N) is 3. The van der Waals surface area contributed by atoms with Crippen molar-refractivity contribution in [2.24, 2.45) is 0 Å². The second kappa shape index (κ2) is 6.39. The van der Waals surface area contributed by atoms with Crippen LogP contribution in [-0.4, -0.2) is 37.0 Å². The van der Waals surface area contributed by atoms with Gasteiger partial charge in [0.15, 0.2) is 0 Å². The Morgan fingerprint density at radius 2 is 2.18 bits per heavy atom. The molecule has 8 nitrogen and oxygen atoms in total. The predicted octanol–water partition coefficient (Wildman–Crippen LogP) is 1.16. The third-order valence-corrected chi connectivity index (χ3v) is 3.87. The molecule has 9 heteroatoms. The Bertz CT molecular complexity index is 844. The Morgan fingerprint density at radius 3 is 3.00 bits per heavy atom. The number of hydrogen-bond donors (Lipinski definition) is 3. The van der Waals surface area contributed by atoms with Gasteiger partial charge in [0.05, 0.1) is 23.3 Å². The Morgan fingerprint density at radius 1 is 1.27 bits per heavy atom. The van der Waals surface area contributed by atoms with Crippen molar-refractivity contribution in [2.75, 3.05) is 11.1 Å². The summed E-state index contributed by atoms with van der Waals surface area (Å²) in [6.45, 7) is 0. The molecule has 0 bridgehead atoms. The third kappa shape index (κ3) is 3.31. The van der Waals surface area contributed by atoms with E-state index in [-0.39, 0.29) is 17.4 Å². The Kier molecular flexibility index (Phi) is 4.15. The smallest absolute Gasteiger partial charge is 0.271 e. The van der Waals surface area contributed by atoms with Gasteiger partial charge in [-0.05, 0) is 18.2 Å². The molecule has 0 aliphatic carbocycles. The summed E-state index contributed by atoms with van der Waals surface area (Å²) in [5.74, 6) is 0.632. The Labute approximate surface area is 128 Å². The van der Waals surface area contributed by atoms with Crippen LogP contribution < -0.4 is 10.9 Å². The molecule has 2 heterocycles. The average Bonchev–Trinajstić information content (AvgIpc) is 2.89. The number of carbonyl (C=O) groups is 1. The summed E-state index contributed by atoms with van der Waals surface area (Å²) in [4.78, 5) is 28.0. The normalized spacial score (nSPS) is 10.7. The first-order valence-corrected chi connectivity index (χ1v) is 7.48. The molecule has 22 heavy (non-hydrogen) atoms. The topological polar surface area (TPSA) is 116 Å². The lowest BCUT2D eigenvalue weighted by atomic mass is 10.2. The van der Waals surface area contributed by atoms with Crippen molar-refractivity contribution in [1.29, 1.82) is 0 Å². The van der Waals surface area contributed by atoms with E-state index in [2.05, 4.69) is 30.7 Å². The number of aromatic nitrogens is 5. The van der Waals surface area contributed by atoms with Crippen molar-refractivity contribution in [2.45, 2.75) is 11.3 Å². The van der Waals surface area contributed by atoms with E-state index in [9.17, 15) is 9.59 Å². The number of benzene rings is 1. The number of H-pyrrole nitrogens is 2. The van der Waals surface area contributed by atoms with Gasteiger partial charge in [-0.2, -0.15) is 5.10 Å². The van der Waals surface area contributed by atoms with E-state index in [0.29, 0.717) is 17.6 Å². The maximum Gasteiger partial charge on any atom is 0.271 e. The summed E-state index contributed by atoms with van der Waals surface area (Å²) in [5, 5.41) is 15.8. The molecule has 3 N–H and O–H groups in total. The number of thioether (sulfide) groups is 1. The highest BCUT2D eigenvalue weighted by molar-refractivity contribution is 7.99. The molecule has 0 saturated carbocycles. The monoisotopic (exact) mass is 316 g/mol. The van der Waals surface area contributed by atoms with Gasteiger partial charge in [-0.3, -0.25) is 25.1 Å². The molecule has 0 fully saturated rings. The van der Waals surface area contributed by atoms with Crippen LogP contribution in [0.25, 0.3) is 10.9 Å². The van der Waals surface area contributed by atoms with Crippen molar-refractivity contribution in [3.05, 3.63) is 40.9 Å². The maximum absolute atomic E-state index is 11.7. The van der Waals surface area contributed by atoms with Gasteiger partial charge in [0.25, 0.3) is 5.56 Å². The number of rotatable bonds is 5. The van der Waals surface area contributed by atoms with E-state index in [1.54, 1.807) is 6.07 Å². The van der Waals surface area contributed by atoms with Crippen molar-refractivity contribution >= 4 is 34.5 Å². The summed E-state index contributed by atoms with van der Waals surface area (Å²) in [6.07, 6.45) is 3.22. The van der Waals surface area contributed by atoms with Gasteiger partial charge in [0.1, 0.15) is 0 Å². The number of nitrogens with zero attached hydrogens (tertiary/aromatic N) is 3. The molecule has 0 aliphatic rings. The van der Waals surface area contributed by atoms with Crippen molar-refractivity contribution in [1.82, 2.24) is 25.4 Å². The van der Waals surface area contributed by atoms with E-state index < -0.39 is 0 Å². The van der Waals surface area contributed by atoms with Crippen LogP contribution in [0.2, 0.25) is 0 Å². The fourth-order valence-corrected chi connectivity index (χ4v) is 2.75. The van der Waals surface area contributed by atoms with Gasteiger partial charge in [0.2, 0.25) is 11.9 Å². The van der Waals surface area contributed by atoms with Crippen LogP contribution in [0.1, 0.15) is 6.42 Å². The molecular weight excluding hydrogens is 304 g/mol. The van der Waals surface area contributed by atoms with Crippen LogP contribution in [0.4, 0.5) is 5.95 Å². The Hall–Kier alpha value is -2.68. The SMILES string of the molecule is O=C(CCSc1ccc2c(=O)[nH][nH]c2c1)Nc1nccnn1. The molecule has 3 rings (SSSR count). The third-order valence-electron chi connectivity index (χ3n) is 2.88.